The molecule has 0 aromatic heterocycles. The lowest BCUT2D eigenvalue weighted by Gasteiger charge is -2.06. The molecule has 0 fully saturated rings. The molecular formula is C12H18N2O. The van der Waals surface area contributed by atoms with Crippen LogP contribution in [-0.4, -0.2) is 19.7 Å². The monoisotopic (exact) mass is 206 g/mol. The van der Waals surface area contributed by atoms with Gasteiger partial charge in [-0.2, -0.15) is 0 Å². The van der Waals surface area contributed by atoms with E-state index in [1.165, 1.54) is 11.1 Å². The Bertz CT molecular complexity index is 306. The van der Waals surface area contributed by atoms with Crippen LogP contribution in [0, 0.1) is 12.3 Å². The summed E-state index contributed by atoms with van der Waals surface area (Å²) in [6, 6.07) is 8.65. The van der Waals surface area contributed by atoms with Crippen molar-refractivity contribution in [2.24, 2.45) is 0 Å². The maximum absolute atomic E-state index is 7.22. The third-order valence-corrected chi connectivity index (χ3v) is 2.20. The summed E-state index contributed by atoms with van der Waals surface area (Å²) in [5.41, 5.74) is 2.60. The summed E-state index contributed by atoms with van der Waals surface area (Å²) in [4.78, 5) is 0. The Morgan fingerprint density at radius 2 is 2.00 bits per heavy atom. The van der Waals surface area contributed by atoms with Gasteiger partial charge in [-0.15, -0.1) is 0 Å². The minimum absolute atomic E-state index is 0.138. The molecule has 3 nitrogen and oxygen atoms in total. The van der Waals surface area contributed by atoms with E-state index in [-0.39, 0.29) is 6.02 Å². The topological polar surface area (TPSA) is 45.1 Å². The minimum Gasteiger partial charge on any atom is -0.465 e. The van der Waals surface area contributed by atoms with Crippen molar-refractivity contribution in [1.29, 1.82) is 5.41 Å². The summed E-state index contributed by atoms with van der Waals surface area (Å²) in [6.45, 7) is 2.68. The molecule has 2 N–H and O–H groups in total. The molecule has 0 aliphatic heterocycles. The zero-order valence-electron chi connectivity index (χ0n) is 9.34. The van der Waals surface area contributed by atoms with Crippen molar-refractivity contribution in [1.82, 2.24) is 5.32 Å². The van der Waals surface area contributed by atoms with Crippen molar-refractivity contribution in [2.45, 2.75) is 19.8 Å². The van der Waals surface area contributed by atoms with Crippen molar-refractivity contribution in [3.8, 4) is 0 Å². The van der Waals surface area contributed by atoms with Gasteiger partial charge in [0.15, 0.2) is 0 Å². The second-order valence-electron chi connectivity index (χ2n) is 3.52. The van der Waals surface area contributed by atoms with Gasteiger partial charge in [-0.1, -0.05) is 29.8 Å². The predicted octanol–water partition coefficient (Wildman–Crippen LogP) is 2.10. The summed E-state index contributed by atoms with van der Waals surface area (Å²) in [5, 5.41) is 9.85. The first kappa shape index (κ1) is 11.6. The van der Waals surface area contributed by atoms with Crippen LogP contribution in [0.4, 0.5) is 0 Å². The molecule has 15 heavy (non-hydrogen) atoms. The molecule has 0 amide bonds. The van der Waals surface area contributed by atoms with Crippen LogP contribution in [0.15, 0.2) is 24.3 Å². The van der Waals surface area contributed by atoms with Crippen molar-refractivity contribution < 1.29 is 4.74 Å². The minimum atomic E-state index is 0.138. The van der Waals surface area contributed by atoms with Crippen LogP contribution >= 0.6 is 0 Å². The molecular weight excluding hydrogens is 188 g/mol. The van der Waals surface area contributed by atoms with Gasteiger partial charge in [0.1, 0.15) is 0 Å². The molecule has 3 heteroatoms. The zero-order valence-corrected chi connectivity index (χ0v) is 9.34. The van der Waals surface area contributed by atoms with E-state index in [0.717, 1.165) is 12.8 Å². The Morgan fingerprint density at radius 1 is 1.33 bits per heavy atom. The lowest BCUT2D eigenvalue weighted by Crippen LogP contribution is -2.20. The average molecular weight is 206 g/mol. The van der Waals surface area contributed by atoms with Gasteiger partial charge in [0.05, 0.1) is 6.61 Å². The Kier molecular flexibility index (Phi) is 4.68. The highest BCUT2D eigenvalue weighted by Gasteiger charge is 1.95. The maximum Gasteiger partial charge on any atom is 0.281 e. The third kappa shape index (κ3) is 4.49. The van der Waals surface area contributed by atoms with Gasteiger partial charge in [0, 0.05) is 7.05 Å². The Morgan fingerprint density at radius 3 is 2.60 bits per heavy atom. The van der Waals surface area contributed by atoms with Gasteiger partial charge in [-0.3, -0.25) is 5.41 Å². The van der Waals surface area contributed by atoms with Crippen LogP contribution in [0.1, 0.15) is 17.5 Å². The maximum atomic E-state index is 7.22. The van der Waals surface area contributed by atoms with E-state index in [1.807, 2.05) is 0 Å². The second kappa shape index (κ2) is 6.06. The molecule has 0 heterocycles. The van der Waals surface area contributed by atoms with Crippen molar-refractivity contribution in [3.05, 3.63) is 35.4 Å². The SMILES string of the molecule is CNC(=N)OCCCc1ccc(C)cc1. The van der Waals surface area contributed by atoms with Gasteiger partial charge in [0.2, 0.25) is 0 Å². The van der Waals surface area contributed by atoms with Gasteiger partial charge in [-0.05, 0) is 25.3 Å². The number of ether oxygens (including phenoxy) is 1. The summed E-state index contributed by atoms with van der Waals surface area (Å²) >= 11 is 0. The molecule has 0 aliphatic carbocycles. The van der Waals surface area contributed by atoms with E-state index < -0.39 is 0 Å². The molecule has 0 aliphatic rings. The normalized spacial score (nSPS) is 9.73. The summed E-state index contributed by atoms with van der Waals surface area (Å²) in [7, 11) is 1.68. The molecule has 0 spiro atoms. The van der Waals surface area contributed by atoms with Gasteiger partial charge in [0.25, 0.3) is 6.02 Å². The lowest BCUT2D eigenvalue weighted by atomic mass is 10.1. The average Bonchev–Trinajstić information content (AvgIpc) is 2.26. The van der Waals surface area contributed by atoms with Gasteiger partial charge in [-0.25, -0.2) is 0 Å². The molecule has 1 aromatic rings. The zero-order chi connectivity index (χ0) is 11.1. The fourth-order valence-electron chi connectivity index (χ4n) is 1.28. The molecule has 1 rings (SSSR count). The highest BCUT2D eigenvalue weighted by Crippen LogP contribution is 2.05. The van der Waals surface area contributed by atoms with Gasteiger partial charge >= 0.3 is 0 Å². The first-order chi connectivity index (χ1) is 7.22. The van der Waals surface area contributed by atoms with Crippen LogP contribution in [0.2, 0.25) is 0 Å². The highest BCUT2D eigenvalue weighted by molar-refractivity contribution is 5.69. The molecule has 82 valence electrons. The highest BCUT2D eigenvalue weighted by atomic mass is 16.5. The summed E-state index contributed by atoms with van der Waals surface area (Å²) in [5.74, 6) is 0. The standard InChI is InChI=1S/C12H18N2O/c1-10-5-7-11(8-6-10)4-3-9-15-12(13)14-2/h5-8H,3-4,9H2,1-2H3,(H2,13,14). The number of aryl methyl sites for hydroxylation is 2. The Labute approximate surface area is 91.0 Å². The van der Waals surface area contributed by atoms with Crippen LogP contribution in [0.25, 0.3) is 0 Å². The van der Waals surface area contributed by atoms with Gasteiger partial charge < -0.3 is 10.1 Å². The van der Waals surface area contributed by atoms with Crippen molar-refractivity contribution in [2.75, 3.05) is 13.7 Å². The lowest BCUT2D eigenvalue weighted by molar-refractivity contribution is 0.283. The molecule has 0 bridgehead atoms. The number of benzene rings is 1. The van der Waals surface area contributed by atoms with E-state index in [2.05, 4.69) is 36.5 Å². The Hall–Kier alpha value is -1.51. The van der Waals surface area contributed by atoms with Crippen LogP contribution < -0.4 is 5.32 Å². The smallest absolute Gasteiger partial charge is 0.281 e. The first-order valence-electron chi connectivity index (χ1n) is 5.17. The third-order valence-electron chi connectivity index (χ3n) is 2.20. The number of nitrogens with one attached hydrogen (secondary N) is 2. The van der Waals surface area contributed by atoms with E-state index in [9.17, 15) is 0 Å². The largest absolute Gasteiger partial charge is 0.465 e. The van der Waals surface area contributed by atoms with Crippen LogP contribution in [0.5, 0.6) is 0 Å². The number of hydrogen-bond donors (Lipinski definition) is 2. The van der Waals surface area contributed by atoms with E-state index in [0.29, 0.717) is 6.61 Å². The van der Waals surface area contributed by atoms with E-state index in [4.69, 9.17) is 10.1 Å². The molecule has 0 saturated heterocycles. The fraction of sp³-hybridized carbons (Fsp3) is 0.417. The molecule has 0 radical (unpaired) electrons. The van der Waals surface area contributed by atoms with Crippen molar-refractivity contribution in [3.63, 3.8) is 0 Å². The molecule has 0 saturated carbocycles. The number of rotatable bonds is 4. The quantitative estimate of drug-likeness (QED) is 0.450. The van der Waals surface area contributed by atoms with E-state index in [1.54, 1.807) is 7.05 Å². The van der Waals surface area contributed by atoms with Crippen LogP contribution in [0.3, 0.4) is 0 Å². The molecule has 0 atom stereocenters. The fourth-order valence-corrected chi connectivity index (χ4v) is 1.28. The molecule has 0 unspecified atom stereocenters. The summed E-state index contributed by atoms with van der Waals surface area (Å²) < 4.78 is 5.11. The van der Waals surface area contributed by atoms with Crippen molar-refractivity contribution >= 4 is 6.02 Å². The van der Waals surface area contributed by atoms with Crippen LogP contribution in [-0.2, 0) is 11.2 Å². The predicted molar refractivity (Wildman–Crippen MR) is 62.2 cm³/mol. The van der Waals surface area contributed by atoms with E-state index >= 15 is 0 Å². The summed E-state index contributed by atoms with van der Waals surface area (Å²) in [6.07, 6.45) is 1.93. The molecule has 1 aromatic carbocycles. The number of hydrogen-bond acceptors (Lipinski definition) is 2. The Balaban J connectivity index is 2.20. The number of amidine groups is 1. The second-order valence-corrected chi connectivity index (χ2v) is 3.52. The first-order valence-corrected chi connectivity index (χ1v) is 5.17.